The normalized spacial score (nSPS) is 12.2. The molecule has 3 rings (SSSR count). The van der Waals surface area contributed by atoms with Crippen LogP contribution in [0.15, 0.2) is 54.2 Å². The van der Waals surface area contributed by atoms with Crippen molar-refractivity contribution >= 4 is 64.1 Å². The summed E-state index contributed by atoms with van der Waals surface area (Å²) >= 11 is 18.9. The first-order chi connectivity index (χ1) is 17.4. The average Bonchev–Trinajstić information content (AvgIpc) is 3.21. The van der Waals surface area contributed by atoms with Gasteiger partial charge in [0, 0.05) is 11.6 Å². The minimum atomic E-state index is -4.58. The topological polar surface area (TPSA) is 88.9 Å². The van der Waals surface area contributed by atoms with Crippen LogP contribution in [0.25, 0.3) is 0 Å². The monoisotopic (exact) mass is 591 g/mol. The van der Waals surface area contributed by atoms with Gasteiger partial charge in [0.2, 0.25) is 5.91 Å². The first-order valence-electron chi connectivity index (χ1n) is 10.5. The fraction of sp³-hybridized carbons (Fsp3) is 0.217. The first-order valence-corrected chi connectivity index (χ1v) is 12.6. The smallest absolute Gasteiger partial charge is 0.342 e. The van der Waals surface area contributed by atoms with Gasteiger partial charge in [0.25, 0.3) is 5.91 Å². The van der Waals surface area contributed by atoms with Gasteiger partial charge < -0.3 is 15.2 Å². The number of nitrogens with zero attached hydrogens (tertiary/aromatic N) is 3. The molecule has 0 radical (unpaired) electrons. The molecule has 0 saturated heterocycles. The summed E-state index contributed by atoms with van der Waals surface area (Å²) in [5.41, 5.74) is -0.870. The summed E-state index contributed by atoms with van der Waals surface area (Å²) in [5.74, 6) is -0.848. The number of allylic oxidation sites excluding steroid dienone is 1. The third-order valence-corrected chi connectivity index (χ3v) is 6.71. The lowest BCUT2D eigenvalue weighted by Gasteiger charge is -2.16. The Bertz CT molecular complexity index is 1330. The van der Waals surface area contributed by atoms with E-state index in [0.29, 0.717) is 16.0 Å². The zero-order chi connectivity index (χ0) is 27.3. The third kappa shape index (κ3) is 7.41. The van der Waals surface area contributed by atoms with Gasteiger partial charge in [-0.25, -0.2) is 0 Å². The number of aromatic nitrogens is 3. The van der Waals surface area contributed by atoms with E-state index < -0.39 is 29.6 Å². The first kappa shape index (κ1) is 28.8. The molecular weight excluding hydrogens is 574 g/mol. The number of nitrogens with one attached hydrogen (secondary N) is 2. The molecule has 1 atom stereocenters. The maximum atomic E-state index is 13.0. The van der Waals surface area contributed by atoms with Crippen LogP contribution in [0.1, 0.15) is 34.7 Å². The van der Waals surface area contributed by atoms with Crippen LogP contribution in [0.2, 0.25) is 15.1 Å². The maximum Gasteiger partial charge on any atom is 0.416 e. The lowest BCUT2D eigenvalue weighted by molar-refractivity contribution is -0.137. The van der Waals surface area contributed by atoms with E-state index in [4.69, 9.17) is 34.8 Å². The summed E-state index contributed by atoms with van der Waals surface area (Å²) in [6.45, 7) is 5.67. The van der Waals surface area contributed by atoms with E-state index >= 15 is 0 Å². The van der Waals surface area contributed by atoms with Crippen molar-refractivity contribution in [3.63, 3.8) is 0 Å². The van der Waals surface area contributed by atoms with Crippen LogP contribution in [0, 0.1) is 0 Å². The molecule has 37 heavy (non-hydrogen) atoms. The Morgan fingerprint density at radius 1 is 1.14 bits per heavy atom. The zero-order valence-corrected chi connectivity index (χ0v) is 22.2. The van der Waals surface area contributed by atoms with Gasteiger partial charge in [-0.05, 0) is 43.3 Å². The van der Waals surface area contributed by atoms with E-state index in [1.165, 1.54) is 12.1 Å². The lowest BCUT2D eigenvalue weighted by Crippen LogP contribution is -2.29. The molecule has 3 aromatic rings. The molecule has 0 bridgehead atoms. The highest BCUT2D eigenvalue weighted by Crippen LogP contribution is 2.34. The minimum Gasteiger partial charge on any atom is -0.342 e. The molecule has 2 aromatic carbocycles. The second-order valence-corrected chi connectivity index (χ2v) is 9.78. The Kier molecular flexibility index (Phi) is 9.51. The number of alkyl halides is 3. The number of hydrogen-bond acceptors (Lipinski definition) is 5. The molecule has 14 heteroatoms. The predicted octanol–water partition coefficient (Wildman–Crippen LogP) is 6.66. The van der Waals surface area contributed by atoms with Crippen LogP contribution in [0.3, 0.4) is 0 Å². The number of carbonyl (C=O) groups excluding carboxylic acids is 2. The molecule has 0 unspecified atom stereocenters. The van der Waals surface area contributed by atoms with Gasteiger partial charge in [-0.2, -0.15) is 13.2 Å². The van der Waals surface area contributed by atoms with Gasteiger partial charge >= 0.3 is 6.18 Å². The lowest BCUT2D eigenvalue weighted by atomic mass is 10.2. The highest BCUT2D eigenvalue weighted by molar-refractivity contribution is 7.99. The van der Waals surface area contributed by atoms with Crippen molar-refractivity contribution in [2.75, 3.05) is 11.1 Å². The quantitative estimate of drug-likeness (QED) is 0.214. The number of benzene rings is 2. The van der Waals surface area contributed by atoms with Gasteiger partial charge in [0.15, 0.2) is 11.0 Å². The second-order valence-electron chi connectivity index (χ2n) is 7.59. The molecule has 1 heterocycles. The van der Waals surface area contributed by atoms with Crippen molar-refractivity contribution in [2.45, 2.75) is 30.8 Å². The van der Waals surface area contributed by atoms with Crippen molar-refractivity contribution in [3.05, 3.63) is 81.1 Å². The van der Waals surface area contributed by atoms with Gasteiger partial charge in [0.05, 0.1) is 38.7 Å². The number of carbonyl (C=O) groups is 2. The number of amides is 2. The number of thioether (sulfide) groups is 1. The van der Waals surface area contributed by atoms with Crippen molar-refractivity contribution < 1.29 is 22.8 Å². The Balaban J connectivity index is 1.70. The molecule has 1 aromatic heterocycles. The van der Waals surface area contributed by atoms with Crippen LogP contribution < -0.4 is 10.6 Å². The van der Waals surface area contributed by atoms with Crippen molar-refractivity contribution in [2.24, 2.45) is 0 Å². The maximum absolute atomic E-state index is 13.0. The molecule has 196 valence electrons. The Hall–Kier alpha value is -2.73. The van der Waals surface area contributed by atoms with Crippen LogP contribution in [0.4, 0.5) is 18.9 Å². The van der Waals surface area contributed by atoms with E-state index in [2.05, 4.69) is 27.4 Å². The molecule has 7 nitrogen and oxygen atoms in total. The van der Waals surface area contributed by atoms with E-state index in [-0.39, 0.29) is 33.6 Å². The summed E-state index contributed by atoms with van der Waals surface area (Å²) in [5, 5.41) is 14.3. The van der Waals surface area contributed by atoms with Crippen LogP contribution in [-0.4, -0.2) is 32.3 Å². The Labute approximate surface area is 229 Å². The number of halogens is 6. The minimum absolute atomic E-state index is 0.0335. The highest BCUT2D eigenvalue weighted by Gasteiger charge is 2.31. The molecular formula is C23H19Cl3F3N5O2S. The summed E-state index contributed by atoms with van der Waals surface area (Å²) in [7, 11) is 0. The third-order valence-electron chi connectivity index (χ3n) is 4.87. The molecule has 2 N–H and O–H groups in total. The molecule has 2 amide bonds. The largest absolute Gasteiger partial charge is 0.416 e. The molecule has 0 fully saturated rings. The molecule has 0 spiro atoms. The average molecular weight is 593 g/mol. The van der Waals surface area contributed by atoms with Crippen LogP contribution in [0.5, 0.6) is 0 Å². The fourth-order valence-corrected chi connectivity index (χ4v) is 4.57. The number of hydrogen-bond donors (Lipinski definition) is 2. The predicted molar refractivity (Wildman–Crippen MR) is 138 cm³/mol. The van der Waals surface area contributed by atoms with Crippen LogP contribution >= 0.6 is 46.6 Å². The zero-order valence-electron chi connectivity index (χ0n) is 19.1. The van der Waals surface area contributed by atoms with Crippen LogP contribution in [-0.2, 0) is 17.5 Å². The van der Waals surface area contributed by atoms with Gasteiger partial charge in [-0.3, -0.25) is 9.59 Å². The fourth-order valence-electron chi connectivity index (χ4n) is 3.15. The molecule has 0 aliphatic heterocycles. The van der Waals surface area contributed by atoms with Gasteiger partial charge in [-0.1, -0.05) is 52.6 Å². The standard InChI is InChI=1S/C23H19Cl3F3N5O2S/c1-3-8-34-20(12(2)30-21(36)15-6-5-14(24)10-17(15)26)32-33-22(34)37-11-19(35)31-18-9-13(23(27,28)29)4-7-16(18)25/h3-7,9-10,12H,1,8,11H2,2H3,(H,30,36)(H,31,35)/t12-/m0/s1. The van der Waals surface area contributed by atoms with E-state index in [9.17, 15) is 22.8 Å². The number of rotatable bonds is 9. The van der Waals surface area contributed by atoms with Crippen molar-refractivity contribution in [3.8, 4) is 0 Å². The summed E-state index contributed by atoms with van der Waals surface area (Å²) in [6, 6.07) is 6.55. The molecule has 0 aliphatic rings. The van der Waals surface area contributed by atoms with Gasteiger partial charge in [0.1, 0.15) is 0 Å². The Morgan fingerprint density at radius 3 is 2.51 bits per heavy atom. The van der Waals surface area contributed by atoms with Gasteiger partial charge in [-0.15, -0.1) is 16.8 Å². The van der Waals surface area contributed by atoms with Crippen molar-refractivity contribution in [1.82, 2.24) is 20.1 Å². The highest BCUT2D eigenvalue weighted by atomic mass is 35.5. The molecule has 0 saturated carbocycles. The van der Waals surface area contributed by atoms with Crippen molar-refractivity contribution in [1.29, 1.82) is 0 Å². The second kappa shape index (κ2) is 12.2. The summed E-state index contributed by atoms with van der Waals surface area (Å²) in [6.07, 6.45) is -2.99. The Morgan fingerprint density at radius 2 is 1.86 bits per heavy atom. The molecule has 0 aliphatic carbocycles. The summed E-state index contributed by atoms with van der Waals surface area (Å²) in [4.78, 5) is 25.1. The summed E-state index contributed by atoms with van der Waals surface area (Å²) < 4.78 is 40.6. The van der Waals surface area contributed by atoms with E-state index in [1.807, 2.05) is 0 Å². The van der Waals surface area contributed by atoms with E-state index in [1.54, 1.807) is 23.6 Å². The number of anilines is 1. The SMILES string of the molecule is C=CCn1c(SCC(=O)Nc2cc(C(F)(F)F)ccc2Cl)nnc1[C@H](C)NC(=O)c1ccc(Cl)cc1Cl. The van der Waals surface area contributed by atoms with E-state index in [0.717, 1.165) is 30.0 Å².